The van der Waals surface area contributed by atoms with E-state index in [1.165, 1.54) is 6.07 Å². The molecule has 1 aromatic carbocycles. The van der Waals surface area contributed by atoms with Gasteiger partial charge in [-0.15, -0.1) is 0 Å². The Kier molecular flexibility index (Phi) is 4.69. The molecule has 1 fully saturated rings. The summed E-state index contributed by atoms with van der Waals surface area (Å²) in [6, 6.07) is 3.12. The molecule has 1 aromatic rings. The van der Waals surface area contributed by atoms with Crippen molar-refractivity contribution >= 4 is 5.69 Å². The third-order valence-corrected chi connectivity index (χ3v) is 5.08. The minimum atomic E-state index is -4.38. The van der Waals surface area contributed by atoms with Gasteiger partial charge in [0.25, 0.3) is 0 Å². The quantitative estimate of drug-likeness (QED) is 0.894. The SMILES string of the molecule is CC(C)CCOc1cc2c(c(C(F)(F)F)c1)N(C)[C@@H]1CCNC[C@H]21. The first-order chi connectivity index (χ1) is 11.3. The first-order valence-corrected chi connectivity index (χ1v) is 8.60. The number of likely N-dealkylation sites (N-methyl/N-ethyl adjacent to an activating group) is 1. The molecule has 0 unspecified atom stereocenters. The number of alkyl halides is 3. The molecule has 0 aromatic heterocycles. The Morgan fingerprint density at radius 1 is 1.33 bits per heavy atom. The van der Waals surface area contributed by atoms with Gasteiger partial charge in [-0.3, -0.25) is 0 Å². The van der Waals surface area contributed by atoms with Gasteiger partial charge in [0.05, 0.1) is 17.9 Å². The largest absolute Gasteiger partial charge is 0.494 e. The van der Waals surface area contributed by atoms with Gasteiger partial charge < -0.3 is 15.0 Å². The molecular weight excluding hydrogens is 317 g/mol. The molecule has 0 bridgehead atoms. The van der Waals surface area contributed by atoms with Crippen LogP contribution >= 0.6 is 0 Å². The Balaban J connectivity index is 1.98. The van der Waals surface area contributed by atoms with Gasteiger partial charge in [-0.25, -0.2) is 0 Å². The summed E-state index contributed by atoms with van der Waals surface area (Å²) >= 11 is 0. The molecule has 0 radical (unpaired) electrons. The van der Waals surface area contributed by atoms with Gasteiger partial charge in [0.1, 0.15) is 5.75 Å². The number of fused-ring (bicyclic) bond motifs is 3. The number of anilines is 1. The van der Waals surface area contributed by atoms with E-state index in [9.17, 15) is 13.2 Å². The van der Waals surface area contributed by atoms with Crippen LogP contribution in [0, 0.1) is 5.92 Å². The van der Waals surface area contributed by atoms with E-state index in [0.29, 0.717) is 24.0 Å². The zero-order valence-electron chi connectivity index (χ0n) is 14.4. The molecule has 1 saturated heterocycles. The van der Waals surface area contributed by atoms with Crippen molar-refractivity contribution in [3.8, 4) is 5.75 Å². The van der Waals surface area contributed by atoms with E-state index < -0.39 is 11.7 Å². The third kappa shape index (κ3) is 3.21. The van der Waals surface area contributed by atoms with E-state index in [2.05, 4.69) is 19.2 Å². The van der Waals surface area contributed by atoms with Crippen LogP contribution in [0.25, 0.3) is 0 Å². The lowest BCUT2D eigenvalue weighted by Gasteiger charge is -2.31. The fraction of sp³-hybridized carbons (Fsp3) is 0.667. The second-order valence-corrected chi connectivity index (χ2v) is 7.21. The molecule has 134 valence electrons. The van der Waals surface area contributed by atoms with Crippen LogP contribution in [0.5, 0.6) is 5.75 Å². The fourth-order valence-corrected chi connectivity index (χ4v) is 3.81. The van der Waals surface area contributed by atoms with Gasteiger partial charge >= 0.3 is 6.18 Å². The van der Waals surface area contributed by atoms with Gasteiger partial charge in [0, 0.05) is 25.6 Å². The Hall–Kier alpha value is -1.43. The first kappa shape index (κ1) is 17.4. The number of piperidine rings is 1. The Morgan fingerprint density at radius 3 is 2.75 bits per heavy atom. The molecule has 0 amide bonds. The molecule has 0 aliphatic carbocycles. The van der Waals surface area contributed by atoms with Crippen LogP contribution in [0.15, 0.2) is 12.1 Å². The number of nitrogens with one attached hydrogen (secondary N) is 1. The zero-order chi connectivity index (χ0) is 17.5. The average Bonchev–Trinajstić information content (AvgIpc) is 2.79. The predicted octanol–water partition coefficient (Wildman–Crippen LogP) is 4.03. The average molecular weight is 342 g/mol. The van der Waals surface area contributed by atoms with Crippen molar-refractivity contribution in [2.45, 2.75) is 44.8 Å². The summed E-state index contributed by atoms with van der Waals surface area (Å²) in [7, 11) is 1.78. The van der Waals surface area contributed by atoms with Crippen LogP contribution in [0.3, 0.4) is 0 Å². The van der Waals surface area contributed by atoms with Crippen molar-refractivity contribution in [3.63, 3.8) is 0 Å². The molecular formula is C18H25F3N2O. The summed E-state index contributed by atoms with van der Waals surface area (Å²) in [4.78, 5) is 1.82. The molecule has 0 saturated carbocycles. The molecule has 3 rings (SSSR count). The number of hydrogen-bond acceptors (Lipinski definition) is 3. The van der Waals surface area contributed by atoms with Gasteiger partial charge in [-0.2, -0.15) is 13.2 Å². The molecule has 2 aliphatic rings. The minimum Gasteiger partial charge on any atom is -0.494 e. The molecule has 6 heteroatoms. The van der Waals surface area contributed by atoms with Crippen molar-refractivity contribution in [3.05, 3.63) is 23.3 Å². The van der Waals surface area contributed by atoms with Gasteiger partial charge in [0.2, 0.25) is 0 Å². The summed E-state index contributed by atoms with van der Waals surface area (Å²) < 4.78 is 46.5. The topological polar surface area (TPSA) is 24.5 Å². The van der Waals surface area contributed by atoms with E-state index >= 15 is 0 Å². The highest BCUT2D eigenvalue weighted by Gasteiger charge is 2.45. The lowest BCUT2D eigenvalue weighted by molar-refractivity contribution is -0.137. The van der Waals surface area contributed by atoms with Gasteiger partial charge in [-0.1, -0.05) is 13.8 Å². The maximum absolute atomic E-state index is 13.6. The summed E-state index contributed by atoms with van der Waals surface area (Å²) in [5.41, 5.74) is 0.526. The van der Waals surface area contributed by atoms with E-state index in [1.54, 1.807) is 7.05 Å². The summed E-state index contributed by atoms with van der Waals surface area (Å²) in [5, 5.41) is 3.30. The zero-order valence-corrected chi connectivity index (χ0v) is 14.4. The van der Waals surface area contributed by atoms with Gasteiger partial charge in [0.15, 0.2) is 0 Å². The van der Waals surface area contributed by atoms with Crippen LogP contribution in [0.1, 0.15) is 43.7 Å². The summed E-state index contributed by atoms with van der Waals surface area (Å²) in [6.07, 6.45) is -2.70. The number of benzene rings is 1. The number of ether oxygens (including phenoxy) is 1. The lowest BCUT2D eigenvalue weighted by atomic mass is 9.89. The molecule has 0 spiro atoms. The number of halogens is 3. The normalized spacial score (nSPS) is 23.4. The van der Waals surface area contributed by atoms with Crippen LogP contribution < -0.4 is 15.0 Å². The monoisotopic (exact) mass is 342 g/mol. The van der Waals surface area contributed by atoms with E-state index in [0.717, 1.165) is 31.5 Å². The highest BCUT2D eigenvalue weighted by Crippen LogP contribution is 2.50. The maximum Gasteiger partial charge on any atom is 0.418 e. The Bertz CT molecular complexity index is 601. The molecule has 2 aliphatic heterocycles. The third-order valence-electron chi connectivity index (χ3n) is 5.08. The second kappa shape index (κ2) is 6.47. The Labute approximate surface area is 141 Å². The lowest BCUT2D eigenvalue weighted by Crippen LogP contribution is -2.42. The predicted molar refractivity (Wildman–Crippen MR) is 88.8 cm³/mol. The summed E-state index contributed by atoms with van der Waals surface area (Å²) in [6.45, 7) is 6.14. The second-order valence-electron chi connectivity index (χ2n) is 7.21. The molecule has 2 atom stereocenters. The standard InChI is InChI=1S/C18H25F3N2O/c1-11(2)5-7-24-12-8-13-14-10-22-6-4-16(14)23(3)17(13)15(9-12)18(19,20)21/h8-9,11,14,16,22H,4-7,10H2,1-3H3/t14-,16-/m1/s1. The van der Waals surface area contributed by atoms with Crippen molar-refractivity contribution < 1.29 is 17.9 Å². The molecule has 24 heavy (non-hydrogen) atoms. The highest BCUT2D eigenvalue weighted by atomic mass is 19.4. The molecule has 1 N–H and O–H groups in total. The fourth-order valence-electron chi connectivity index (χ4n) is 3.81. The van der Waals surface area contributed by atoms with E-state index in [-0.39, 0.29) is 12.0 Å². The maximum atomic E-state index is 13.6. The first-order valence-electron chi connectivity index (χ1n) is 8.60. The van der Waals surface area contributed by atoms with Crippen molar-refractivity contribution in [1.82, 2.24) is 5.32 Å². The van der Waals surface area contributed by atoms with Crippen molar-refractivity contribution in [2.75, 3.05) is 31.6 Å². The van der Waals surface area contributed by atoms with Crippen LogP contribution in [-0.4, -0.2) is 32.8 Å². The van der Waals surface area contributed by atoms with Crippen molar-refractivity contribution in [2.24, 2.45) is 5.92 Å². The van der Waals surface area contributed by atoms with Crippen LogP contribution in [0.2, 0.25) is 0 Å². The minimum absolute atomic E-state index is 0.0912. The summed E-state index contributed by atoms with van der Waals surface area (Å²) in [5.74, 6) is 0.884. The smallest absolute Gasteiger partial charge is 0.418 e. The van der Waals surface area contributed by atoms with E-state index in [4.69, 9.17) is 4.74 Å². The molecule has 2 heterocycles. The van der Waals surface area contributed by atoms with Gasteiger partial charge in [-0.05, 0) is 43.0 Å². The number of nitrogens with zero attached hydrogens (tertiary/aromatic N) is 1. The highest BCUT2D eigenvalue weighted by molar-refractivity contribution is 5.69. The van der Waals surface area contributed by atoms with E-state index in [1.807, 2.05) is 11.0 Å². The van der Waals surface area contributed by atoms with Crippen LogP contribution in [0.4, 0.5) is 18.9 Å². The number of rotatable bonds is 4. The molecule has 3 nitrogen and oxygen atoms in total. The van der Waals surface area contributed by atoms with Crippen molar-refractivity contribution in [1.29, 1.82) is 0 Å². The van der Waals surface area contributed by atoms with Crippen LogP contribution in [-0.2, 0) is 6.18 Å². The number of hydrogen-bond donors (Lipinski definition) is 1. The Morgan fingerprint density at radius 2 is 2.08 bits per heavy atom.